The van der Waals surface area contributed by atoms with Crippen molar-refractivity contribution in [2.24, 2.45) is 0 Å². The Morgan fingerprint density at radius 1 is 1.00 bits per heavy atom. The third-order valence-corrected chi connectivity index (χ3v) is 4.23. The summed E-state index contributed by atoms with van der Waals surface area (Å²) in [6.07, 6.45) is 8.59. The summed E-state index contributed by atoms with van der Waals surface area (Å²) in [6.45, 7) is 5.15. The second kappa shape index (κ2) is 6.91. The average molecular weight is 290 g/mol. The molecule has 1 aromatic heterocycles. The summed E-state index contributed by atoms with van der Waals surface area (Å²) >= 11 is 0. The van der Waals surface area contributed by atoms with Gasteiger partial charge in [-0.1, -0.05) is 19.8 Å². The van der Waals surface area contributed by atoms with Crippen LogP contribution in [-0.4, -0.2) is 40.6 Å². The number of hydrogen-bond donors (Lipinski definition) is 2. The Hall–Kier alpha value is -1.59. The first-order valence-electron chi connectivity index (χ1n) is 8.36. The van der Waals surface area contributed by atoms with Gasteiger partial charge in [-0.05, 0) is 32.1 Å². The van der Waals surface area contributed by atoms with E-state index in [-0.39, 0.29) is 0 Å². The standard InChI is InChI=1S/C15H26N6/c1-2-9-16-13-18-14(17-12-7-3-4-8-12)20-15(19-13)21-10-5-6-11-21/h12H,2-11H2,1H3,(H2,16,17,18,19,20). The van der Waals surface area contributed by atoms with Crippen molar-refractivity contribution in [2.75, 3.05) is 35.2 Å². The van der Waals surface area contributed by atoms with Crippen molar-refractivity contribution in [1.82, 2.24) is 15.0 Å². The van der Waals surface area contributed by atoms with Gasteiger partial charge in [-0.15, -0.1) is 0 Å². The maximum atomic E-state index is 4.64. The van der Waals surface area contributed by atoms with Gasteiger partial charge in [-0.2, -0.15) is 15.0 Å². The fraction of sp³-hybridized carbons (Fsp3) is 0.800. The van der Waals surface area contributed by atoms with Crippen molar-refractivity contribution in [3.63, 3.8) is 0 Å². The van der Waals surface area contributed by atoms with Crippen LogP contribution in [0.4, 0.5) is 17.8 Å². The van der Waals surface area contributed by atoms with E-state index < -0.39 is 0 Å². The summed E-state index contributed by atoms with van der Waals surface area (Å²) in [5.41, 5.74) is 0. The fourth-order valence-electron chi connectivity index (χ4n) is 3.06. The van der Waals surface area contributed by atoms with Gasteiger partial charge in [0.25, 0.3) is 0 Å². The minimum absolute atomic E-state index is 0.526. The molecule has 2 N–H and O–H groups in total. The third kappa shape index (κ3) is 3.74. The summed E-state index contributed by atoms with van der Waals surface area (Å²) < 4.78 is 0. The van der Waals surface area contributed by atoms with Crippen molar-refractivity contribution in [3.05, 3.63) is 0 Å². The maximum absolute atomic E-state index is 4.64. The van der Waals surface area contributed by atoms with Gasteiger partial charge in [-0.3, -0.25) is 0 Å². The zero-order chi connectivity index (χ0) is 14.5. The van der Waals surface area contributed by atoms with E-state index in [1.807, 2.05) is 0 Å². The van der Waals surface area contributed by atoms with Crippen LogP contribution in [0.1, 0.15) is 51.9 Å². The summed E-state index contributed by atoms with van der Waals surface area (Å²) in [5.74, 6) is 2.26. The molecule has 0 amide bonds. The molecule has 0 bridgehead atoms. The molecule has 1 aromatic rings. The van der Waals surface area contributed by atoms with Crippen LogP contribution in [0.15, 0.2) is 0 Å². The van der Waals surface area contributed by atoms with Crippen LogP contribution in [0.2, 0.25) is 0 Å². The molecule has 0 unspecified atom stereocenters. The van der Waals surface area contributed by atoms with Crippen molar-refractivity contribution >= 4 is 17.8 Å². The van der Waals surface area contributed by atoms with Crippen LogP contribution >= 0.6 is 0 Å². The molecule has 1 aliphatic heterocycles. The quantitative estimate of drug-likeness (QED) is 0.839. The maximum Gasteiger partial charge on any atom is 0.231 e. The lowest BCUT2D eigenvalue weighted by atomic mass is 10.3. The van der Waals surface area contributed by atoms with E-state index in [4.69, 9.17) is 0 Å². The van der Waals surface area contributed by atoms with Crippen LogP contribution in [0.25, 0.3) is 0 Å². The van der Waals surface area contributed by atoms with Gasteiger partial charge in [0.1, 0.15) is 0 Å². The lowest BCUT2D eigenvalue weighted by molar-refractivity contribution is 0.739. The molecule has 1 aliphatic carbocycles. The molecule has 3 rings (SSSR count). The normalized spacial score (nSPS) is 19.2. The molecule has 0 radical (unpaired) electrons. The topological polar surface area (TPSA) is 66.0 Å². The number of hydrogen-bond acceptors (Lipinski definition) is 6. The van der Waals surface area contributed by atoms with Gasteiger partial charge in [0.2, 0.25) is 17.8 Å². The zero-order valence-corrected chi connectivity index (χ0v) is 12.9. The molecule has 1 saturated heterocycles. The number of aromatic nitrogens is 3. The molecule has 0 spiro atoms. The van der Waals surface area contributed by atoms with Gasteiger partial charge in [0.05, 0.1) is 0 Å². The van der Waals surface area contributed by atoms with Crippen molar-refractivity contribution in [2.45, 2.75) is 57.9 Å². The fourth-order valence-corrected chi connectivity index (χ4v) is 3.06. The van der Waals surface area contributed by atoms with Gasteiger partial charge in [0.15, 0.2) is 0 Å². The molecule has 2 fully saturated rings. The Balaban J connectivity index is 1.77. The molecule has 2 heterocycles. The Morgan fingerprint density at radius 3 is 2.43 bits per heavy atom. The Labute approximate surface area is 126 Å². The molecule has 1 saturated carbocycles. The van der Waals surface area contributed by atoms with Gasteiger partial charge in [0, 0.05) is 25.7 Å². The summed E-state index contributed by atoms with van der Waals surface area (Å²) in [7, 11) is 0. The number of nitrogens with zero attached hydrogens (tertiary/aromatic N) is 4. The van der Waals surface area contributed by atoms with E-state index in [1.54, 1.807) is 0 Å². The highest BCUT2D eigenvalue weighted by atomic mass is 15.3. The molecule has 0 aromatic carbocycles. The Morgan fingerprint density at radius 2 is 1.71 bits per heavy atom. The molecule has 0 atom stereocenters. The minimum atomic E-state index is 0.526. The van der Waals surface area contributed by atoms with Crippen LogP contribution in [-0.2, 0) is 0 Å². The minimum Gasteiger partial charge on any atom is -0.354 e. The van der Waals surface area contributed by atoms with Crippen LogP contribution in [0.3, 0.4) is 0 Å². The van der Waals surface area contributed by atoms with E-state index in [9.17, 15) is 0 Å². The predicted octanol–water partition coefficient (Wildman–Crippen LogP) is 2.65. The van der Waals surface area contributed by atoms with Crippen molar-refractivity contribution < 1.29 is 0 Å². The highest BCUT2D eigenvalue weighted by Gasteiger charge is 2.20. The number of rotatable bonds is 6. The Kier molecular flexibility index (Phi) is 4.72. The SMILES string of the molecule is CCCNc1nc(NC2CCCC2)nc(N2CCCC2)n1. The lowest BCUT2D eigenvalue weighted by Crippen LogP contribution is -2.24. The summed E-state index contributed by atoms with van der Waals surface area (Å²) in [4.78, 5) is 16.0. The number of anilines is 3. The highest BCUT2D eigenvalue weighted by Crippen LogP contribution is 2.23. The van der Waals surface area contributed by atoms with E-state index in [1.165, 1.54) is 38.5 Å². The number of nitrogens with one attached hydrogen (secondary N) is 2. The second-order valence-corrected chi connectivity index (χ2v) is 6.03. The molecule has 6 heteroatoms. The van der Waals surface area contributed by atoms with Gasteiger partial charge in [-0.25, -0.2) is 0 Å². The second-order valence-electron chi connectivity index (χ2n) is 6.03. The predicted molar refractivity (Wildman–Crippen MR) is 85.9 cm³/mol. The lowest BCUT2D eigenvalue weighted by Gasteiger charge is -2.18. The Bertz CT molecular complexity index is 451. The van der Waals surface area contributed by atoms with Gasteiger partial charge < -0.3 is 15.5 Å². The smallest absolute Gasteiger partial charge is 0.231 e. The molecule has 6 nitrogen and oxygen atoms in total. The molecule has 21 heavy (non-hydrogen) atoms. The average Bonchev–Trinajstić information content (AvgIpc) is 3.18. The first-order chi connectivity index (χ1) is 10.3. The molecular formula is C15H26N6. The van der Waals surface area contributed by atoms with Crippen molar-refractivity contribution in [1.29, 1.82) is 0 Å². The molecular weight excluding hydrogens is 264 g/mol. The molecule has 2 aliphatic rings. The molecule has 116 valence electrons. The van der Waals surface area contributed by atoms with Crippen molar-refractivity contribution in [3.8, 4) is 0 Å². The zero-order valence-electron chi connectivity index (χ0n) is 12.9. The van der Waals surface area contributed by atoms with E-state index >= 15 is 0 Å². The van der Waals surface area contributed by atoms with Crippen LogP contribution in [0, 0.1) is 0 Å². The largest absolute Gasteiger partial charge is 0.354 e. The van der Waals surface area contributed by atoms with Gasteiger partial charge >= 0.3 is 0 Å². The van der Waals surface area contributed by atoms with E-state index in [2.05, 4.69) is 37.4 Å². The van der Waals surface area contributed by atoms with E-state index in [0.29, 0.717) is 12.0 Å². The first-order valence-corrected chi connectivity index (χ1v) is 8.36. The monoisotopic (exact) mass is 290 g/mol. The first kappa shape index (κ1) is 14.4. The van der Waals surface area contributed by atoms with Crippen LogP contribution in [0.5, 0.6) is 0 Å². The highest BCUT2D eigenvalue weighted by molar-refractivity contribution is 5.44. The summed E-state index contributed by atoms with van der Waals surface area (Å²) in [5, 5.41) is 6.79. The summed E-state index contributed by atoms with van der Waals surface area (Å²) in [6, 6.07) is 0.526. The van der Waals surface area contributed by atoms with E-state index in [0.717, 1.165) is 38.0 Å². The third-order valence-electron chi connectivity index (χ3n) is 4.23. The van der Waals surface area contributed by atoms with Crippen LogP contribution < -0.4 is 15.5 Å².